The normalized spacial score (nSPS) is 23.4. The Morgan fingerprint density at radius 1 is 1.59 bits per heavy atom. The van der Waals surface area contributed by atoms with Crippen LogP contribution in [0.2, 0.25) is 0 Å². The van der Waals surface area contributed by atoms with Crippen molar-refractivity contribution in [2.24, 2.45) is 0 Å². The first-order chi connectivity index (χ1) is 8.19. The predicted molar refractivity (Wildman–Crippen MR) is 66.9 cm³/mol. The van der Waals surface area contributed by atoms with Crippen LogP contribution in [0.25, 0.3) is 0 Å². The summed E-state index contributed by atoms with van der Waals surface area (Å²) in [6.45, 7) is 5.05. The number of carbonyl (C=O) groups is 1. The summed E-state index contributed by atoms with van der Waals surface area (Å²) in [7, 11) is 1.44. The maximum atomic E-state index is 11.6. The quantitative estimate of drug-likeness (QED) is 0.694. The summed E-state index contributed by atoms with van der Waals surface area (Å²) in [5.41, 5.74) is 0. The lowest BCUT2D eigenvalue weighted by atomic mass is 10.1. The van der Waals surface area contributed by atoms with Gasteiger partial charge in [-0.3, -0.25) is 10.1 Å². The van der Waals surface area contributed by atoms with Crippen LogP contribution in [0.3, 0.4) is 0 Å². The van der Waals surface area contributed by atoms with Gasteiger partial charge in [0.2, 0.25) is 0 Å². The second kappa shape index (κ2) is 7.67. The van der Waals surface area contributed by atoms with Gasteiger partial charge in [0.05, 0.1) is 13.2 Å². The lowest BCUT2D eigenvalue weighted by molar-refractivity contribution is -0.143. The molecule has 0 aromatic carbocycles. The molecule has 4 nitrogen and oxygen atoms in total. The first-order valence-electron chi connectivity index (χ1n) is 6.64. The van der Waals surface area contributed by atoms with E-state index in [0.29, 0.717) is 0 Å². The number of hydrogen-bond acceptors (Lipinski definition) is 4. The fourth-order valence-corrected chi connectivity index (χ4v) is 2.24. The second-order valence-corrected chi connectivity index (χ2v) is 4.72. The highest BCUT2D eigenvalue weighted by molar-refractivity contribution is 5.75. The minimum atomic E-state index is -0.195. The monoisotopic (exact) mass is 243 g/mol. The minimum absolute atomic E-state index is 0.164. The van der Waals surface area contributed by atoms with Crippen molar-refractivity contribution in [3.8, 4) is 0 Å². The van der Waals surface area contributed by atoms with Gasteiger partial charge in [0.25, 0.3) is 0 Å². The van der Waals surface area contributed by atoms with Crippen molar-refractivity contribution < 1.29 is 14.3 Å². The highest BCUT2D eigenvalue weighted by Gasteiger charge is 2.27. The predicted octanol–water partition coefficient (Wildman–Crippen LogP) is 1.88. The average molecular weight is 243 g/mol. The molecule has 0 spiro atoms. The van der Waals surface area contributed by atoms with E-state index in [9.17, 15) is 4.79 Å². The van der Waals surface area contributed by atoms with Crippen molar-refractivity contribution in [1.29, 1.82) is 0 Å². The van der Waals surface area contributed by atoms with Crippen molar-refractivity contribution in [2.75, 3.05) is 13.7 Å². The molecule has 0 aromatic rings. The molecule has 4 heteroatoms. The molecule has 0 bridgehead atoms. The molecule has 0 aromatic heterocycles. The molecule has 1 rings (SSSR count). The number of hydrogen-bond donors (Lipinski definition) is 1. The van der Waals surface area contributed by atoms with Gasteiger partial charge in [0.15, 0.2) is 0 Å². The SMILES string of the molecule is CCCCC(NC(C)C1CCCO1)C(=O)OC. The van der Waals surface area contributed by atoms with Crippen LogP contribution in [0, 0.1) is 0 Å². The third-order valence-electron chi connectivity index (χ3n) is 3.32. The van der Waals surface area contributed by atoms with Gasteiger partial charge >= 0.3 is 5.97 Å². The summed E-state index contributed by atoms with van der Waals surface area (Å²) in [5, 5.41) is 3.34. The zero-order valence-corrected chi connectivity index (χ0v) is 11.2. The molecule has 1 fully saturated rings. The van der Waals surface area contributed by atoms with E-state index in [1.54, 1.807) is 0 Å². The van der Waals surface area contributed by atoms with Gasteiger partial charge in [-0.25, -0.2) is 0 Å². The summed E-state index contributed by atoms with van der Waals surface area (Å²) < 4.78 is 10.4. The lowest BCUT2D eigenvalue weighted by Crippen LogP contribution is -2.47. The van der Waals surface area contributed by atoms with Gasteiger partial charge in [0.1, 0.15) is 6.04 Å². The molecular weight excluding hydrogens is 218 g/mol. The number of ether oxygens (including phenoxy) is 2. The van der Waals surface area contributed by atoms with E-state index in [4.69, 9.17) is 9.47 Å². The van der Waals surface area contributed by atoms with Crippen molar-refractivity contribution in [1.82, 2.24) is 5.32 Å². The van der Waals surface area contributed by atoms with Crippen LogP contribution in [-0.2, 0) is 14.3 Å². The molecule has 1 N–H and O–H groups in total. The van der Waals surface area contributed by atoms with Gasteiger partial charge < -0.3 is 9.47 Å². The topological polar surface area (TPSA) is 47.6 Å². The summed E-state index contributed by atoms with van der Waals surface area (Å²) in [4.78, 5) is 11.6. The van der Waals surface area contributed by atoms with Gasteiger partial charge in [-0.2, -0.15) is 0 Å². The second-order valence-electron chi connectivity index (χ2n) is 4.72. The summed E-state index contributed by atoms with van der Waals surface area (Å²) in [5.74, 6) is -0.164. The van der Waals surface area contributed by atoms with E-state index in [-0.39, 0.29) is 24.2 Å². The molecule has 1 saturated heterocycles. The maximum absolute atomic E-state index is 11.6. The summed E-state index contributed by atoms with van der Waals surface area (Å²) in [6.07, 6.45) is 5.39. The molecular formula is C13H25NO3. The summed E-state index contributed by atoms with van der Waals surface area (Å²) in [6, 6.07) is 0.0117. The standard InChI is InChI=1S/C13H25NO3/c1-4-5-7-11(13(15)16-3)14-10(2)12-8-6-9-17-12/h10-12,14H,4-9H2,1-3H3. The molecule has 0 radical (unpaired) electrons. The molecule has 0 aliphatic carbocycles. The number of unbranched alkanes of at least 4 members (excludes halogenated alkanes) is 1. The van der Waals surface area contributed by atoms with Crippen LogP contribution >= 0.6 is 0 Å². The van der Waals surface area contributed by atoms with E-state index in [1.807, 2.05) is 0 Å². The molecule has 1 heterocycles. The van der Waals surface area contributed by atoms with Crippen LogP contribution in [0.1, 0.15) is 46.0 Å². The largest absolute Gasteiger partial charge is 0.468 e. The van der Waals surface area contributed by atoms with Crippen molar-refractivity contribution in [2.45, 2.75) is 64.1 Å². The highest BCUT2D eigenvalue weighted by Crippen LogP contribution is 2.16. The van der Waals surface area contributed by atoms with Gasteiger partial charge in [-0.1, -0.05) is 19.8 Å². The minimum Gasteiger partial charge on any atom is -0.468 e. The Morgan fingerprint density at radius 2 is 2.35 bits per heavy atom. The number of rotatable bonds is 7. The van der Waals surface area contributed by atoms with E-state index < -0.39 is 0 Å². The van der Waals surface area contributed by atoms with Gasteiger partial charge in [-0.15, -0.1) is 0 Å². The Bertz CT molecular complexity index is 227. The van der Waals surface area contributed by atoms with Crippen LogP contribution in [0.5, 0.6) is 0 Å². The molecule has 3 atom stereocenters. The molecule has 0 saturated carbocycles. The Morgan fingerprint density at radius 3 is 2.88 bits per heavy atom. The molecule has 100 valence electrons. The number of esters is 1. The number of carbonyl (C=O) groups excluding carboxylic acids is 1. The first-order valence-corrected chi connectivity index (χ1v) is 6.64. The summed E-state index contributed by atoms with van der Waals surface area (Å²) >= 11 is 0. The van der Waals surface area contributed by atoms with Gasteiger partial charge in [-0.05, 0) is 26.2 Å². The van der Waals surface area contributed by atoms with E-state index >= 15 is 0 Å². The molecule has 1 aliphatic heterocycles. The molecule has 17 heavy (non-hydrogen) atoms. The van der Waals surface area contributed by atoms with Crippen LogP contribution in [0.4, 0.5) is 0 Å². The fourth-order valence-electron chi connectivity index (χ4n) is 2.24. The Balaban J connectivity index is 2.42. The Labute approximate surface area is 104 Å². The zero-order chi connectivity index (χ0) is 12.7. The average Bonchev–Trinajstić information content (AvgIpc) is 2.87. The van der Waals surface area contributed by atoms with E-state index in [2.05, 4.69) is 19.2 Å². The lowest BCUT2D eigenvalue weighted by Gasteiger charge is -2.25. The van der Waals surface area contributed by atoms with Crippen molar-refractivity contribution in [3.05, 3.63) is 0 Å². The number of nitrogens with one attached hydrogen (secondary N) is 1. The third-order valence-corrected chi connectivity index (χ3v) is 3.32. The van der Waals surface area contributed by atoms with Crippen LogP contribution < -0.4 is 5.32 Å². The van der Waals surface area contributed by atoms with Gasteiger partial charge in [0, 0.05) is 12.6 Å². The van der Waals surface area contributed by atoms with Crippen molar-refractivity contribution in [3.63, 3.8) is 0 Å². The van der Waals surface area contributed by atoms with Crippen LogP contribution in [0.15, 0.2) is 0 Å². The van der Waals surface area contributed by atoms with Crippen molar-refractivity contribution >= 4 is 5.97 Å². The fraction of sp³-hybridized carbons (Fsp3) is 0.923. The maximum Gasteiger partial charge on any atom is 0.322 e. The Hall–Kier alpha value is -0.610. The van der Waals surface area contributed by atoms with Crippen LogP contribution in [-0.4, -0.2) is 37.9 Å². The van der Waals surface area contributed by atoms with E-state index in [1.165, 1.54) is 7.11 Å². The highest BCUT2D eigenvalue weighted by atomic mass is 16.5. The number of methoxy groups -OCH3 is 1. The third kappa shape index (κ3) is 4.64. The smallest absolute Gasteiger partial charge is 0.322 e. The zero-order valence-electron chi connectivity index (χ0n) is 11.2. The Kier molecular flexibility index (Phi) is 6.52. The molecule has 1 aliphatic rings. The molecule has 0 amide bonds. The first kappa shape index (κ1) is 14.5. The van der Waals surface area contributed by atoms with E-state index in [0.717, 1.165) is 38.7 Å². The molecule has 3 unspecified atom stereocenters.